The smallest absolute Gasteiger partial charge is 0.229 e. The molecule has 2 aliphatic rings. The molecule has 1 amide bonds. The van der Waals surface area contributed by atoms with Gasteiger partial charge in [-0.3, -0.25) is 10.1 Å². The number of carbonyl (C=O) groups is 1. The number of nitrogens with zero attached hydrogens (tertiary/aromatic N) is 1. The molecule has 0 aliphatic carbocycles. The molecule has 0 saturated carbocycles. The summed E-state index contributed by atoms with van der Waals surface area (Å²) in [6, 6.07) is 0. The van der Waals surface area contributed by atoms with E-state index in [0.717, 1.165) is 25.9 Å². The number of carbonyl (C=O) groups excluding carboxylic acids is 1. The SMILES string of the molecule is CC1(C)CCN(C2CCCCN2)C1=O. The van der Waals surface area contributed by atoms with E-state index in [-0.39, 0.29) is 5.41 Å². The maximum Gasteiger partial charge on any atom is 0.229 e. The van der Waals surface area contributed by atoms with Crippen LogP contribution in [0, 0.1) is 5.41 Å². The van der Waals surface area contributed by atoms with Crippen molar-refractivity contribution in [2.45, 2.75) is 45.7 Å². The van der Waals surface area contributed by atoms with Gasteiger partial charge < -0.3 is 4.90 Å². The molecule has 1 unspecified atom stereocenters. The predicted molar refractivity (Wildman–Crippen MR) is 55.8 cm³/mol. The van der Waals surface area contributed by atoms with Gasteiger partial charge in [-0.25, -0.2) is 0 Å². The summed E-state index contributed by atoms with van der Waals surface area (Å²) in [5.74, 6) is 0.330. The Hall–Kier alpha value is -0.570. The lowest BCUT2D eigenvalue weighted by Gasteiger charge is -2.33. The molecule has 0 aromatic rings. The lowest BCUT2D eigenvalue weighted by Crippen LogP contribution is -2.50. The highest BCUT2D eigenvalue weighted by Crippen LogP contribution is 2.32. The van der Waals surface area contributed by atoms with Crippen LogP contribution in [-0.2, 0) is 4.79 Å². The first-order chi connectivity index (χ1) is 6.61. The molecule has 14 heavy (non-hydrogen) atoms. The predicted octanol–water partition coefficient (Wildman–Crippen LogP) is 1.34. The van der Waals surface area contributed by atoms with Crippen LogP contribution in [0.25, 0.3) is 0 Å². The summed E-state index contributed by atoms with van der Waals surface area (Å²) in [6.45, 7) is 6.11. The summed E-state index contributed by atoms with van der Waals surface area (Å²) >= 11 is 0. The van der Waals surface area contributed by atoms with E-state index in [2.05, 4.69) is 19.2 Å². The largest absolute Gasteiger partial charge is 0.327 e. The fraction of sp³-hybridized carbons (Fsp3) is 0.909. The second-order valence-electron chi connectivity index (χ2n) is 5.10. The van der Waals surface area contributed by atoms with Crippen LogP contribution in [-0.4, -0.2) is 30.1 Å². The maximum atomic E-state index is 12.0. The van der Waals surface area contributed by atoms with E-state index in [1.807, 2.05) is 4.90 Å². The quantitative estimate of drug-likeness (QED) is 0.686. The fourth-order valence-electron chi connectivity index (χ4n) is 2.39. The Morgan fingerprint density at radius 3 is 2.71 bits per heavy atom. The summed E-state index contributed by atoms with van der Waals surface area (Å²) in [5.41, 5.74) is -0.126. The van der Waals surface area contributed by atoms with Crippen molar-refractivity contribution in [3.8, 4) is 0 Å². The number of piperidine rings is 1. The van der Waals surface area contributed by atoms with Crippen LogP contribution in [0.5, 0.6) is 0 Å². The summed E-state index contributed by atoms with van der Waals surface area (Å²) in [4.78, 5) is 14.1. The zero-order valence-electron chi connectivity index (χ0n) is 9.18. The van der Waals surface area contributed by atoms with Crippen molar-refractivity contribution < 1.29 is 4.79 Å². The minimum atomic E-state index is -0.126. The van der Waals surface area contributed by atoms with Crippen molar-refractivity contribution in [3.63, 3.8) is 0 Å². The third-order valence-electron chi connectivity index (χ3n) is 3.48. The number of rotatable bonds is 1. The molecule has 2 aliphatic heterocycles. The molecule has 1 N–H and O–H groups in total. The zero-order chi connectivity index (χ0) is 10.2. The van der Waals surface area contributed by atoms with Gasteiger partial charge in [0.2, 0.25) is 5.91 Å². The van der Waals surface area contributed by atoms with Crippen LogP contribution in [0.3, 0.4) is 0 Å². The first kappa shape index (κ1) is 9.97. The highest BCUT2D eigenvalue weighted by molar-refractivity contribution is 5.84. The van der Waals surface area contributed by atoms with Crippen molar-refractivity contribution in [2.24, 2.45) is 5.41 Å². The highest BCUT2D eigenvalue weighted by Gasteiger charge is 2.41. The summed E-state index contributed by atoms with van der Waals surface area (Å²) in [7, 11) is 0. The molecule has 2 rings (SSSR count). The van der Waals surface area contributed by atoms with Crippen molar-refractivity contribution in [1.29, 1.82) is 0 Å². The van der Waals surface area contributed by atoms with Crippen LogP contribution >= 0.6 is 0 Å². The Balaban J connectivity index is 2.02. The van der Waals surface area contributed by atoms with Gasteiger partial charge in [0.1, 0.15) is 0 Å². The molecule has 1 atom stereocenters. The first-order valence-corrected chi connectivity index (χ1v) is 5.66. The molecule has 0 spiro atoms. The van der Waals surface area contributed by atoms with Crippen LogP contribution in [0.4, 0.5) is 0 Å². The Labute approximate surface area is 85.8 Å². The average molecular weight is 196 g/mol. The lowest BCUT2D eigenvalue weighted by molar-refractivity contribution is -0.137. The van der Waals surface area contributed by atoms with Crippen LogP contribution in [0.15, 0.2) is 0 Å². The van der Waals surface area contributed by atoms with Crippen LogP contribution < -0.4 is 5.32 Å². The van der Waals surface area contributed by atoms with Crippen LogP contribution in [0.1, 0.15) is 39.5 Å². The van der Waals surface area contributed by atoms with Crippen molar-refractivity contribution in [1.82, 2.24) is 10.2 Å². The second-order valence-corrected chi connectivity index (χ2v) is 5.10. The first-order valence-electron chi connectivity index (χ1n) is 5.66. The van der Waals surface area contributed by atoms with Gasteiger partial charge in [-0.2, -0.15) is 0 Å². The summed E-state index contributed by atoms with van der Waals surface area (Å²) in [5, 5.41) is 3.43. The Kier molecular flexibility index (Phi) is 2.52. The minimum absolute atomic E-state index is 0.126. The van der Waals surface area contributed by atoms with Crippen molar-refractivity contribution >= 4 is 5.91 Å². The summed E-state index contributed by atoms with van der Waals surface area (Å²) < 4.78 is 0. The summed E-state index contributed by atoms with van der Waals surface area (Å²) in [6.07, 6.45) is 4.95. The van der Waals surface area contributed by atoms with Crippen LogP contribution in [0.2, 0.25) is 0 Å². The average Bonchev–Trinajstić information content (AvgIpc) is 2.44. The zero-order valence-corrected chi connectivity index (χ0v) is 9.18. The fourth-order valence-corrected chi connectivity index (χ4v) is 2.39. The molecule has 0 radical (unpaired) electrons. The molecule has 2 heterocycles. The van der Waals surface area contributed by atoms with E-state index in [9.17, 15) is 4.79 Å². The number of hydrogen-bond donors (Lipinski definition) is 1. The lowest BCUT2D eigenvalue weighted by atomic mass is 9.92. The van der Waals surface area contributed by atoms with Gasteiger partial charge in [-0.1, -0.05) is 13.8 Å². The van der Waals surface area contributed by atoms with Gasteiger partial charge in [0.15, 0.2) is 0 Å². The van der Waals surface area contributed by atoms with E-state index in [0.29, 0.717) is 12.1 Å². The van der Waals surface area contributed by atoms with E-state index in [4.69, 9.17) is 0 Å². The van der Waals surface area contributed by atoms with Gasteiger partial charge in [0, 0.05) is 12.0 Å². The molecule has 3 heteroatoms. The van der Waals surface area contributed by atoms with Gasteiger partial charge in [0.05, 0.1) is 6.17 Å². The highest BCUT2D eigenvalue weighted by atomic mass is 16.2. The normalized spacial score (nSPS) is 32.3. The Morgan fingerprint density at radius 1 is 1.43 bits per heavy atom. The van der Waals surface area contributed by atoms with Gasteiger partial charge in [0.25, 0.3) is 0 Å². The topological polar surface area (TPSA) is 32.3 Å². The van der Waals surface area contributed by atoms with Gasteiger partial charge >= 0.3 is 0 Å². The second kappa shape index (κ2) is 3.54. The molecule has 2 saturated heterocycles. The van der Waals surface area contributed by atoms with Gasteiger partial charge in [-0.05, 0) is 32.2 Å². The Morgan fingerprint density at radius 2 is 2.21 bits per heavy atom. The van der Waals surface area contributed by atoms with E-state index >= 15 is 0 Å². The molecule has 0 bridgehead atoms. The van der Waals surface area contributed by atoms with Gasteiger partial charge in [-0.15, -0.1) is 0 Å². The third kappa shape index (κ3) is 1.65. The monoisotopic (exact) mass is 196 g/mol. The number of amides is 1. The van der Waals surface area contributed by atoms with E-state index in [1.165, 1.54) is 12.8 Å². The number of likely N-dealkylation sites (tertiary alicyclic amines) is 1. The van der Waals surface area contributed by atoms with E-state index < -0.39 is 0 Å². The molecule has 3 nitrogen and oxygen atoms in total. The molecule has 0 aromatic heterocycles. The maximum absolute atomic E-state index is 12.0. The van der Waals surface area contributed by atoms with E-state index in [1.54, 1.807) is 0 Å². The molecular formula is C11H20N2O. The van der Waals surface area contributed by atoms with Crippen molar-refractivity contribution in [2.75, 3.05) is 13.1 Å². The third-order valence-corrected chi connectivity index (χ3v) is 3.48. The Bertz CT molecular complexity index is 231. The minimum Gasteiger partial charge on any atom is -0.327 e. The molecule has 2 fully saturated rings. The molecule has 0 aromatic carbocycles. The molecular weight excluding hydrogens is 176 g/mol. The molecule has 80 valence electrons. The number of hydrogen-bond acceptors (Lipinski definition) is 2. The standard InChI is InChI=1S/C11H20N2O/c1-11(2)6-8-13(10(11)14)9-5-3-4-7-12-9/h9,12H,3-8H2,1-2H3. The number of nitrogens with one attached hydrogen (secondary N) is 1. The van der Waals surface area contributed by atoms with Crippen molar-refractivity contribution in [3.05, 3.63) is 0 Å².